The molecule has 2 aliphatic carbocycles. The first kappa shape index (κ1) is 15.9. The number of likely N-dealkylation sites (tertiary alicyclic amines) is 1. The number of hydrogen-bond acceptors (Lipinski definition) is 3. The zero-order valence-corrected chi connectivity index (χ0v) is 14.5. The van der Waals surface area contributed by atoms with Gasteiger partial charge < -0.3 is 14.8 Å². The first-order valence-corrected chi connectivity index (χ1v) is 9.76. The number of carbonyl (C=O) groups is 1. The first-order valence-electron chi connectivity index (χ1n) is 9.76. The highest BCUT2D eigenvalue weighted by Gasteiger charge is 2.33. The molecule has 4 rings (SSSR count). The van der Waals surface area contributed by atoms with Gasteiger partial charge >= 0.3 is 6.03 Å². The summed E-state index contributed by atoms with van der Waals surface area (Å²) in [6, 6.07) is 0.550. The lowest BCUT2D eigenvalue weighted by Gasteiger charge is -2.36. The van der Waals surface area contributed by atoms with E-state index < -0.39 is 0 Å². The number of hydrogen-bond donors (Lipinski definition) is 1. The van der Waals surface area contributed by atoms with Gasteiger partial charge in [0.25, 0.3) is 0 Å². The minimum atomic E-state index is 0.0867. The highest BCUT2D eigenvalue weighted by atomic mass is 16.2. The molecule has 0 spiro atoms. The molecule has 2 heterocycles. The Morgan fingerprint density at radius 3 is 2.67 bits per heavy atom. The summed E-state index contributed by atoms with van der Waals surface area (Å²) in [4.78, 5) is 14.9. The van der Waals surface area contributed by atoms with Crippen LogP contribution in [0.5, 0.6) is 0 Å². The maximum Gasteiger partial charge on any atom is 0.318 e. The number of amides is 2. The van der Waals surface area contributed by atoms with Gasteiger partial charge in [0.1, 0.15) is 6.33 Å². The molecule has 2 saturated carbocycles. The largest absolute Gasteiger partial charge is 0.335 e. The van der Waals surface area contributed by atoms with E-state index in [1.54, 1.807) is 0 Å². The van der Waals surface area contributed by atoms with Crippen molar-refractivity contribution in [2.45, 2.75) is 82.8 Å². The number of aromatic nitrogens is 3. The molecule has 0 aromatic carbocycles. The van der Waals surface area contributed by atoms with Gasteiger partial charge in [-0.15, -0.1) is 10.2 Å². The first-order chi connectivity index (χ1) is 11.8. The molecular weight excluding hydrogens is 302 g/mol. The predicted octanol–water partition coefficient (Wildman–Crippen LogP) is 3.26. The van der Waals surface area contributed by atoms with Crippen molar-refractivity contribution in [2.24, 2.45) is 5.92 Å². The number of nitrogens with zero attached hydrogens (tertiary/aromatic N) is 4. The van der Waals surface area contributed by atoms with Crippen molar-refractivity contribution in [3.63, 3.8) is 0 Å². The zero-order chi connectivity index (χ0) is 16.4. The van der Waals surface area contributed by atoms with E-state index in [2.05, 4.69) is 20.1 Å². The van der Waals surface area contributed by atoms with Crippen LogP contribution < -0.4 is 5.32 Å². The van der Waals surface area contributed by atoms with E-state index in [4.69, 9.17) is 0 Å². The van der Waals surface area contributed by atoms with E-state index in [0.29, 0.717) is 6.04 Å². The number of carbonyl (C=O) groups excluding carboxylic acids is 1. The Morgan fingerprint density at radius 1 is 1.08 bits per heavy atom. The molecule has 6 nitrogen and oxygen atoms in total. The zero-order valence-electron chi connectivity index (χ0n) is 14.5. The molecule has 1 aliphatic heterocycles. The minimum absolute atomic E-state index is 0.0867. The van der Waals surface area contributed by atoms with Gasteiger partial charge in [0.2, 0.25) is 0 Å². The Labute approximate surface area is 144 Å². The van der Waals surface area contributed by atoms with Gasteiger partial charge in [0, 0.05) is 19.1 Å². The maximum absolute atomic E-state index is 12.9. The summed E-state index contributed by atoms with van der Waals surface area (Å²) in [5.74, 6) is 1.77. The molecule has 6 heteroatoms. The molecule has 1 aromatic rings. The third kappa shape index (κ3) is 3.57. The van der Waals surface area contributed by atoms with E-state index in [-0.39, 0.29) is 12.1 Å². The fourth-order valence-electron chi connectivity index (χ4n) is 4.19. The SMILES string of the molecule is O=C(NC1CCCCC1)N1CCCC[C@H]1c1nncn1CC1CC1. The Balaban J connectivity index is 1.46. The topological polar surface area (TPSA) is 63.1 Å². The van der Waals surface area contributed by atoms with Gasteiger partial charge in [0.15, 0.2) is 5.82 Å². The third-order valence-corrected chi connectivity index (χ3v) is 5.79. The van der Waals surface area contributed by atoms with Crippen molar-refractivity contribution in [1.82, 2.24) is 25.0 Å². The van der Waals surface area contributed by atoms with Crippen LogP contribution >= 0.6 is 0 Å². The Bertz CT molecular complexity index is 562. The molecule has 1 atom stereocenters. The summed E-state index contributed by atoms with van der Waals surface area (Å²) in [6.07, 6.45) is 13.8. The van der Waals surface area contributed by atoms with E-state index in [9.17, 15) is 4.79 Å². The van der Waals surface area contributed by atoms with Gasteiger partial charge in [-0.2, -0.15) is 0 Å². The molecule has 2 amide bonds. The summed E-state index contributed by atoms with van der Waals surface area (Å²) >= 11 is 0. The monoisotopic (exact) mass is 331 g/mol. The van der Waals surface area contributed by atoms with Crippen molar-refractivity contribution in [3.05, 3.63) is 12.2 Å². The summed E-state index contributed by atoms with van der Waals surface area (Å²) in [5, 5.41) is 11.8. The number of nitrogens with one attached hydrogen (secondary N) is 1. The van der Waals surface area contributed by atoms with E-state index in [0.717, 1.165) is 56.9 Å². The molecule has 0 unspecified atom stereocenters. The summed E-state index contributed by atoms with van der Waals surface area (Å²) in [7, 11) is 0. The number of piperidine rings is 1. The van der Waals surface area contributed by atoms with Crippen molar-refractivity contribution in [3.8, 4) is 0 Å². The number of rotatable bonds is 4. The molecule has 0 bridgehead atoms. The lowest BCUT2D eigenvalue weighted by molar-refractivity contribution is 0.140. The van der Waals surface area contributed by atoms with Crippen molar-refractivity contribution in [2.75, 3.05) is 6.54 Å². The fourth-order valence-corrected chi connectivity index (χ4v) is 4.19. The summed E-state index contributed by atoms with van der Waals surface area (Å²) in [6.45, 7) is 1.84. The normalized spacial score (nSPS) is 25.7. The van der Waals surface area contributed by atoms with Crippen LogP contribution in [0.1, 0.15) is 76.1 Å². The Morgan fingerprint density at radius 2 is 1.88 bits per heavy atom. The van der Waals surface area contributed by atoms with Crippen LogP contribution in [0.3, 0.4) is 0 Å². The lowest BCUT2D eigenvalue weighted by Crippen LogP contribution is -2.49. The van der Waals surface area contributed by atoms with Crippen LogP contribution in [0.4, 0.5) is 4.79 Å². The van der Waals surface area contributed by atoms with Crippen molar-refractivity contribution >= 4 is 6.03 Å². The molecule has 132 valence electrons. The Kier molecular flexibility index (Phi) is 4.72. The lowest BCUT2D eigenvalue weighted by atomic mass is 9.95. The van der Waals surface area contributed by atoms with Crippen LogP contribution in [0, 0.1) is 5.92 Å². The second-order valence-corrected chi connectivity index (χ2v) is 7.77. The van der Waals surface area contributed by atoms with Crippen LogP contribution in [0.2, 0.25) is 0 Å². The smallest absolute Gasteiger partial charge is 0.318 e. The molecule has 1 N–H and O–H groups in total. The van der Waals surface area contributed by atoms with Gasteiger partial charge in [-0.05, 0) is 50.9 Å². The molecular formula is C18H29N5O. The second-order valence-electron chi connectivity index (χ2n) is 7.77. The maximum atomic E-state index is 12.9. The van der Waals surface area contributed by atoms with Gasteiger partial charge in [-0.3, -0.25) is 0 Å². The van der Waals surface area contributed by atoms with E-state index in [1.807, 2.05) is 11.2 Å². The average molecular weight is 331 g/mol. The molecule has 0 radical (unpaired) electrons. The van der Waals surface area contributed by atoms with Gasteiger partial charge in [0.05, 0.1) is 6.04 Å². The highest BCUT2D eigenvalue weighted by molar-refractivity contribution is 5.75. The van der Waals surface area contributed by atoms with Crippen LogP contribution in [-0.4, -0.2) is 38.3 Å². The summed E-state index contributed by atoms with van der Waals surface area (Å²) in [5.41, 5.74) is 0. The standard InChI is InChI=1S/C18H29N5O/c24-18(20-15-6-2-1-3-7-15)23-11-5-4-8-16(23)17-21-19-13-22(17)12-14-9-10-14/h13-16H,1-12H2,(H,20,24)/t16-/m0/s1. The van der Waals surface area contributed by atoms with Crippen molar-refractivity contribution < 1.29 is 4.79 Å². The quantitative estimate of drug-likeness (QED) is 0.921. The third-order valence-electron chi connectivity index (χ3n) is 5.79. The second kappa shape index (κ2) is 7.11. The van der Waals surface area contributed by atoms with Crippen LogP contribution in [-0.2, 0) is 6.54 Å². The Hall–Kier alpha value is -1.59. The van der Waals surface area contributed by atoms with Crippen LogP contribution in [0.15, 0.2) is 6.33 Å². The summed E-state index contributed by atoms with van der Waals surface area (Å²) < 4.78 is 2.19. The minimum Gasteiger partial charge on any atom is -0.335 e. The number of urea groups is 1. The van der Waals surface area contributed by atoms with Crippen molar-refractivity contribution in [1.29, 1.82) is 0 Å². The molecule has 1 aromatic heterocycles. The van der Waals surface area contributed by atoms with Gasteiger partial charge in [-0.25, -0.2) is 4.79 Å². The molecule has 3 fully saturated rings. The fraction of sp³-hybridized carbons (Fsp3) is 0.833. The average Bonchev–Trinajstić information content (AvgIpc) is 3.31. The predicted molar refractivity (Wildman–Crippen MR) is 91.4 cm³/mol. The van der Waals surface area contributed by atoms with E-state index >= 15 is 0 Å². The van der Waals surface area contributed by atoms with Gasteiger partial charge in [-0.1, -0.05) is 19.3 Å². The van der Waals surface area contributed by atoms with E-state index in [1.165, 1.54) is 32.1 Å². The van der Waals surface area contributed by atoms with Crippen LogP contribution in [0.25, 0.3) is 0 Å². The molecule has 3 aliphatic rings. The molecule has 1 saturated heterocycles. The molecule has 24 heavy (non-hydrogen) atoms. The highest BCUT2D eigenvalue weighted by Crippen LogP contribution is 2.34.